The minimum atomic E-state index is -1.69. The van der Waals surface area contributed by atoms with Crippen LogP contribution in [0, 0.1) is 50.2 Å². The molecule has 4 unspecified atom stereocenters. The highest BCUT2D eigenvalue weighted by Crippen LogP contribution is 2.79. The summed E-state index contributed by atoms with van der Waals surface area (Å²) in [5.74, 6) is 0.835. The molecule has 2 bridgehead atoms. The van der Waals surface area contributed by atoms with Crippen LogP contribution in [-0.4, -0.2) is 128 Å². The Bertz CT molecular complexity index is 1470. The minimum absolute atomic E-state index is 0.0638. The number of aliphatic hydroxyl groups excluding tert-OH is 7. The van der Waals surface area contributed by atoms with Gasteiger partial charge in [-0.3, -0.25) is 0 Å². The molecule has 0 radical (unpaired) electrons. The van der Waals surface area contributed by atoms with Gasteiger partial charge in [-0.2, -0.15) is 0 Å². The first kappa shape index (κ1) is 40.1. The van der Waals surface area contributed by atoms with E-state index >= 15 is 0 Å². The van der Waals surface area contributed by atoms with E-state index in [1.54, 1.807) is 6.92 Å². The molecule has 8 aliphatic rings. The summed E-state index contributed by atoms with van der Waals surface area (Å²) in [7, 11) is 0. The van der Waals surface area contributed by atoms with Crippen molar-refractivity contribution in [2.45, 2.75) is 186 Å². The van der Waals surface area contributed by atoms with Crippen LogP contribution in [0.3, 0.4) is 0 Å². The molecule has 0 aromatic rings. The Morgan fingerprint density at radius 1 is 0.722 bits per heavy atom. The zero-order valence-corrected chi connectivity index (χ0v) is 33.6. The van der Waals surface area contributed by atoms with Crippen molar-refractivity contribution in [2.75, 3.05) is 13.2 Å². The molecule has 3 heterocycles. The maximum absolute atomic E-state index is 12.1. The SMILES string of the molecule is C[C@H]1O[C@@H](OC2CC[C@@]3(C)C(CC[C@]4(C)C3C=C[C@]35OC[C@@]6(CCC(C)(C)CC63)[C@@H](O)C[C@]54C)C2(C)C)[C@H](O)[C@@H](O[C@@H]2O[C@H](CO)[C@@H](O)[C@H](O)[C@H]2O)[C@H]1O. The number of ether oxygens (including phenoxy) is 5. The second kappa shape index (κ2) is 12.9. The summed E-state index contributed by atoms with van der Waals surface area (Å²) in [4.78, 5) is 0. The topological polar surface area (TPSA) is 188 Å². The summed E-state index contributed by atoms with van der Waals surface area (Å²) in [6, 6.07) is 0. The Morgan fingerprint density at radius 3 is 2.13 bits per heavy atom. The van der Waals surface area contributed by atoms with Crippen LogP contribution in [0.4, 0.5) is 0 Å². The Morgan fingerprint density at radius 2 is 1.43 bits per heavy atom. The number of hydrogen-bond acceptors (Lipinski definition) is 12. The average molecular weight is 765 g/mol. The van der Waals surface area contributed by atoms with Crippen LogP contribution in [0.5, 0.6) is 0 Å². The summed E-state index contributed by atoms with van der Waals surface area (Å²) >= 11 is 0. The Labute approximate surface area is 320 Å². The van der Waals surface area contributed by atoms with Gasteiger partial charge in [0.15, 0.2) is 12.6 Å². The highest BCUT2D eigenvalue weighted by molar-refractivity contribution is 5.36. The summed E-state index contributed by atoms with van der Waals surface area (Å²) in [6.45, 7) is 18.3. The number of allylic oxidation sites excluding steroid dienone is 1. The van der Waals surface area contributed by atoms with Crippen LogP contribution in [0.25, 0.3) is 0 Å². The molecule has 3 aliphatic heterocycles. The summed E-state index contributed by atoms with van der Waals surface area (Å²) < 4.78 is 31.4. The zero-order chi connectivity index (χ0) is 39.2. The van der Waals surface area contributed by atoms with Crippen molar-refractivity contribution in [3.63, 3.8) is 0 Å². The van der Waals surface area contributed by atoms with Gasteiger partial charge in [0.1, 0.15) is 42.7 Å². The van der Waals surface area contributed by atoms with E-state index in [0.717, 1.165) is 51.4 Å². The van der Waals surface area contributed by atoms with Crippen molar-refractivity contribution in [1.29, 1.82) is 0 Å². The normalized spacial score (nSPS) is 58.8. The fraction of sp³-hybridized carbons (Fsp3) is 0.952. The molecule has 12 nitrogen and oxygen atoms in total. The molecule has 54 heavy (non-hydrogen) atoms. The Hall–Kier alpha value is -0.740. The van der Waals surface area contributed by atoms with Crippen LogP contribution < -0.4 is 0 Å². The van der Waals surface area contributed by atoms with Crippen molar-refractivity contribution in [3.05, 3.63) is 12.2 Å². The van der Waals surface area contributed by atoms with Gasteiger partial charge in [0.05, 0.1) is 37.1 Å². The smallest absolute Gasteiger partial charge is 0.187 e. The maximum Gasteiger partial charge on any atom is 0.187 e. The van der Waals surface area contributed by atoms with Gasteiger partial charge >= 0.3 is 0 Å². The third-order valence-electron chi connectivity index (χ3n) is 17.8. The van der Waals surface area contributed by atoms with E-state index in [1.807, 2.05) is 0 Å². The van der Waals surface area contributed by atoms with Crippen LogP contribution >= 0.6 is 0 Å². The quantitative estimate of drug-likeness (QED) is 0.161. The lowest BCUT2D eigenvalue weighted by atomic mass is 9.32. The van der Waals surface area contributed by atoms with E-state index in [9.17, 15) is 35.7 Å². The summed E-state index contributed by atoms with van der Waals surface area (Å²) in [6.07, 6.45) is -1.83. The molecular weight excluding hydrogens is 696 g/mol. The van der Waals surface area contributed by atoms with E-state index in [-0.39, 0.29) is 56.5 Å². The van der Waals surface area contributed by atoms with Gasteiger partial charge in [-0.1, -0.05) is 60.6 Å². The van der Waals surface area contributed by atoms with Crippen molar-refractivity contribution < 1.29 is 59.4 Å². The van der Waals surface area contributed by atoms with Gasteiger partial charge in [-0.25, -0.2) is 0 Å². The van der Waals surface area contributed by atoms with Gasteiger partial charge in [0.2, 0.25) is 0 Å². The van der Waals surface area contributed by atoms with Crippen LogP contribution in [-0.2, 0) is 23.7 Å². The van der Waals surface area contributed by atoms with Crippen LogP contribution in [0.1, 0.15) is 107 Å². The molecule has 4 saturated carbocycles. The van der Waals surface area contributed by atoms with Crippen LogP contribution in [0.15, 0.2) is 12.2 Å². The molecule has 7 fully saturated rings. The lowest BCUT2D eigenvalue weighted by Gasteiger charge is -2.73. The van der Waals surface area contributed by atoms with Crippen molar-refractivity contribution >= 4 is 0 Å². The third kappa shape index (κ3) is 5.24. The molecule has 20 atom stereocenters. The minimum Gasteiger partial charge on any atom is -0.394 e. The van der Waals surface area contributed by atoms with E-state index in [0.29, 0.717) is 12.5 Å². The van der Waals surface area contributed by atoms with Gasteiger partial charge in [-0.15, -0.1) is 0 Å². The van der Waals surface area contributed by atoms with Gasteiger partial charge in [-0.05, 0) is 91.8 Å². The monoisotopic (exact) mass is 764 g/mol. The predicted molar refractivity (Wildman–Crippen MR) is 195 cm³/mol. The first-order chi connectivity index (χ1) is 25.1. The molecule has 3 saturated heterocycles. The van der Waals surface area contributed by atoms with E-state index in [4.69, 9.17) is 23.7 Å². The second-order valence-electron chi connectivity index (χ2n) is 21.1. The van der Waals surface area contributed by atoms with Gasteiger partial charge in [0.25, 0.3) is 0 Å². The molecule has 7 N–H and O–H groups in total. The van der Waals surface area contributed by atoms with Crippen molar-refractivity contribution in [2.24, 2.45) is 50.2 Å². The lowest BCUT2D eigenvalue weighted by molar-refractivity contribution is -0.366. The number of fused-ring (bicyclic) bond motifs is 4. The fourth-order valence-electron chi connectivity index (χ4n) is 14.3. The highest BCUT2D eigenvalue weighted by Gasteiger charge is 2.79. The van der Waals surface area contributed by atoms with E-state index in [1.165, 1.54) is 0 Å². The Kier molecular flexibility index (Phi) is 9.55. The van der Waals surface area contributed by atoms with Crippen molar-refractivity contribution in [1.82, 2.24) is 0 Å². The fourth-order valence-corrected chi connectivity index (χ4v) is 14.3. The molecule has 0 aromatic carbocycles. The molecular formula is C42H68O12. The maximum atomic E-state index is 12.1. The van der Waals surface area contributed by atoms with E-state index < -0.39 is 73.6 Å². The third-order valence-corrected chi connectivity index (χ3v) is 17.8. The molecule has 12 heteroatoms. The largest absolute Gasteiger partial charge is 0.394 e. The second-order valence-corrected chi connectivity index (χ2v) is 21.1. The lowest BCUT2D eigenvalue weighted by Crippen LogP contribution is -2.72. The summed E-state index contributed by atoms with van der Waals surface area (Å²) in [5, 5.41) is 75.6. The zero-order valence-electron chi connectivity index (χ0n) is 33.6. The van der Waals surface area contributed by atoms with Gasteiger partial charge in [0, 0.05) is 16.7 Å². The molecule has 1 spiro atoms. The van der Waals surface area contributed by atoms with Crippen LogP contribution in [0.2, 0.25) is 0 Å². The first-order valence-corrected chi connectivity index (χ1v) is 20.8. The standard InChI is InChI=1S/C42H68O12/c1-21-28(45)33(54-34-31(48)30(47)29(46)22(19-43)52-34)32(49)35(51-21)53-27-11-12-38(6)23(37(27,4)5)9-13-39(7)24(38)10-14-42-25-17-36(2,3)15-16-41(25,20-50-42)26(44)18-40(39,42)8/h10,14,21-35,43-49H,9,11-13,15-20H2,1-8H3/t21-,22-,23?,24?,25?,26+,27?,28+,29-,30+,31-,32-,33+,34+,35+,38+,39-,40+,41-,42+/m1/s1. The average Bonchev–Trinajstić information content (AvgIpc) is 3.38. The molecule has 0 aromatic heterocycles. The first-order valence-electron chi connectivity index (χ1n) is 20.8. The van der Waals surface area contributed by atoms with Crippen molar-refractivity contribution in [3.8, 4) is 0 Å². The number of rotatable bonds is 5. The molecule has 5 aliphatic carbocycles. The number of aliphatic hydroxyl groups is 7. The van der Waals surface area contributed by atoms with Gasteiger partial charge < -0.3 is 59.4 Å². The molecule has 8 rings (SSSR count). The highest BCUT2D eigenvalue weighted by atomic mass is 16.7. The summed E-state index contributed by atoms with van der Waals surface area (Å²) in [5.41, 5.74) is -1.08. The number of hydrogen-bond donors (Lipinski definition) is 7. The molecule has 0 amide bonds. The molecule has 308 valence electrons. The Balaban J connectivity index is 1.03. The predicted octanol–water partition coefficient (Wildman–Crippen LogP) is 2.80. The van der Waals surface area contributed by atoms with E-state index in [2.05, 4.69) is 60.6 Å².